The number of aliphatic hydroxyl groups is 1. The van der Waals surface area contributed by atoms with Crippen molar-refractivity contribution in [2.45, 2.75) is 19.3 Å². The van der Waals surface area contributed by atoms with E-state index in [-0.39, 0.29) is 11.7 Å². The van der Waals surface area contributed by atoms with Crippen LogP contribution in [-0.2, 0) is 4.79 Å². The maximum atomic E-state index is 11.9. The minimum Gasteiger partial charge on any atom is -0.507 e. The summed E-state index contributed by atoms with van der Waals surface area (Å²) in [5.41, 5.74) is 0.567. The Hall–Kier alpha value is -1.84. The van der Waals surface area contributed by atoms with Gasteiger partial charge in [-0.1, -0.05) is 0 Å². The lowest BCUT2D eigenvalue weighted by atomic mass is 10.1. The lowest BCUT2D eigenvalue weighted by Gasteiger charge is -2.25. The first kappa shape index (κ1) is 11.6. The van der Waals surface area contributed by atoms with Crippen molar-refractivity contribution < 1.29 is 9.90 Å². The zero-order chi connectivity index (χ0) is 12.1. The fourth-order valence-electron chi connectivity index (χ4n) is 1.92. The van der Waals surface area contributed by atoms with Crippen molar-refractivity contribution >= 4 is 11.7 Å². The molecule has 2 heterocycles. The molecule has 17 heavy (non-hydrogen) atoms. The molecular weight excluding hydrogens is 216 g/mol. The van der Waals surface area contributed by atoms with Gasteiger partial charge in [0, 0.05) is 37.1 Å². The molecule has 1 amide bonds. The molecule has 1 fully saturated rings. The predicted molar refractivity (Wildman–Crippen MR) is 65.3 cm³/mol. The van der Waals surface area contributed by atoms with E-state index in [1.807, 2.05) is 0 Å². The Kier molecular flexibility index (Phi) is 3.75. The number of pyridine rings is 1. The number of hydrogen-bond acceptors (Lipinski definition) is 3. The second-order valence-corrected chi connectivity index (χ2v) is 4.16. The summed E-state index contributed by atoms with van der Waals surface area (Å²) in [4.78, 5) is 17.5. The van der Waals surface area contributed by atoms with E-state index in [4.69, 9.17) is 0 Å². The van der Waals surface area contributed by atoms with E-state index in [1.54, 1.807) is 23.2 Å². The van der Waals surface area contributed by atoms with Crippen LogP contribution in [0.25, 0.3) is 5.76 Å². The summed E-state index contributed by atoms with van der Waals surface area (Å²) >= 11 is 0. The van der Waals surface area contributed by atoms with Gasteiger partial charge >= 0.3 is 0 Å². The van der Waals surface area contributed by atoms with Crippen LogP contribution in [0.1, 0.15) is 24.8 Å². The Morgan fingerprint density at radius 3 is 2.76 bits per heavy atom. The van der Waals surface area contributed by atoms with E-state index >= 15 is 0 Å². The summed E-state index contributed by atoms with van der Waals surface area (Å²) < 4.78 is 0. The van der Waals surface area contributed by atoms with Gasteiger partial charge in [0.15, 0.2) is 0 Å². The van der Waals surface area contributed by atoms with Crippen LogP contribution in [0.15, 0.2) is 30.6 Å². The maximum absolute atomic E-state index is 11.9. The summed E-state index contributed by atoms with van der Waals surface area (Å²) in [6.07, 6.45) is 7.73. The van der Waals surface area contributed by atoms with E-state index in [0.29, 0.717) is 5.56 Å². The van der Waals surface area contributed by atoms with Crippen LogP contribution in [-0.4, -0.2) is 34.0 Å². The molecular formula is C13H16N2O2. The van der Waals surface area contributed by atoms with Crippen molar-refractivity contribution in [3.8, 4) is 0 Å². The van der Waals surface area contributed by atoms with E-state index in [1.165, 1.54) is 18.7 Å². The molecule has 1 aromatic rings. The molecule has 1 aliphatic rings. The fourth-order valence-corrected chi connectivity index (χ4v) is 1.92. The molecule has 90 valence electrons. The quantitative estimate of drug-likeness (QED) is 0.626. The predicted octanol–water partition coefficient (Wildman–Crippen LogP) is 1.99. The van der Waals surface area contributed by atoms with Crippen LogP contribution in [0.2, 0.25) is 0 Å². The lowest BCUT2D eigenvalue weighted by molar-refractivity contribution is -0.126. The fraction of sp³-hybridized carbons (Fsp3) is 0.385. The number of hydrogen-bond donors (Lipinski definition) is 1. The van der Waals surface area contributed by atoms with Gasteiger partial charge in [0.05, 0.1) is 0 Å². The van der Waals surface area contributed by atoms with Crippen LogP contribution in [0.5, 0.6) is 0 Å². The number of carbonyl (C=O) groups is 1. The first-order valence-electron chi connectivity index (χ1n) is 5.87. The SMILES string of the molecule is O=C(C=C(O)c1cccnc1)N1CCCCC1. The molecule has 1 aliphatic heterocycles. The highest BCUT2D eigenvalue weighted by Crippen LogP contribution is 2.13. The van der Waals surface area contributed by atoms with Crippen LogP contribution in [0, 0.1) is 0 Å². The van der Waals surface area contributed by atoms with Gasteiger partial charge in [0.2, 0.25) is 5.91 Å². The van der Waals surface area contributed by atoms with Crippen molar-refractivity contribution in [3.63, 3.8) is 0 Å². The van der Waals surface area contributed by atoms with Gasteiger partial charge < -0.3 is 10.0 Å². The summed E-state index contributed by atoms with van der Waals surface area (Å²) in [5, 5.41) is 9.80. The molecule has 4 nitrogen and oxygen atoms in total. The third-order valence-electron chi connectivity index (χ3n) is 2.89. The molecule has 0 atom stereocenters. The Balaban J connectivity index is 2.05. The van der Waals surface area contributed by atoms with Crippen molar-refractivity contribution in [2.24, 2.45) is 0 Å². The van der Waals surface area contributed by atoms with Crippen molar-refractivity contribution in [1.29, 1.82) is 0 Å². The second-order valence-electron chi connectivity index (χ2n) is 4.16. The molecule has 1 saturated heterocycles. The number of rotatable bonds is 2. The van der Waals surface area contributed by atoms with Gasteiger partial charge in [-0.15, -0.1) is 0 Å². The average Bonchev–Trinajstić information content (AvgIpc) is 2.40. The first-order valence-corrected chi connectivity index (χ1v) is 5.87. The van der Waals surface area contributed by atoms with Gasteiger partial charge in [0.25, 0.3) is 0 Å². The highest BCUT2D eigenvalue weighted by Gasteiger charge is 2.15. The van der Waals surface area contributed by atoms with Gasteiger partial charge in [-0.3, -0.25) is 9.78 Å². The van der Waals surface area contributed by atoms with Crippen molar-refractivity contribution in [1.82, 2.24) is 9.88 Å². The minimum absolute atomic E-state index is 0.0197. The summed E-state index contributed by atoms with van der Waals surface area (Å²) in [6, 6.07) is 3.45. The summed E-state index contributed by atoms with van der Waals surface area (Å²) in [6.45, 7) is 1.57. The molecule has 1 N–H and O–H groups in total. The molecule has 0 aromatic carbocycles. The highest BCUT2D eigenvalue weighted by atomic mass is 16.3. The Morgan fingerprint density at radius 1 is 1.35 bits per heavy atom. The van der Waals surface area contributed by atoms with E-state index < -0.39 is 0 Å². The highest BCUT2D eigenvalue weighted by molar-refractivity contribution is 5.93. The van der Waals surface area contributed by atoms with Crippen molar-refractivity contribution in [3.05, 3.63) is 36.2 Å². The third kappa shape index (κ3) is 3.06. The molecule has 4 heteroatoms. The van der Waals surface area contributed by atoms with Crippen molar-refractivity contribution in [2.75, 3.05) is 13.1 Å². The van der Waals surface area contributed by atoms with E-state index in [2.05, 4.69) is 4.98 Å². The Morgan fingerprint density at radius 2 is 2.12 bits per heavy atom. The number of carbonyl (C=O) groups excluding carboxylic acids is 1. The van der Waals surface area contributed by atoms with Crippen LogP contribution < -0.4 is 0 Å². The zero-order valence-corrected chi connectivity index (χ0v) is 9.67. The zero-order valence-electron chi connectivity index (χ0n) is 9.67. The van der Waals surface area contributed by atoms with Gasteiger partial charge in [-0.05, 0) is 31.4 Å². The Bertz CT molecular complexity index is 409. The number of likely N-dealkylation sites (tertiary alicyclic amines) is 1. The smallest absolute Gasteiger partial charge is 0.250 e. The van der Waals surface area contributed by atoms with Crippen LogP contribution in [0.4, 0.5) is 0 Å². The first-order chi connectivity index (χ1) is 8.27. The lowest BCUT2D eigenvalue weighted by Crippen LogP contribution is -2.34. The molecule has 0 bridgehead atoms. The number of piperidine rings is 1. The molecule has 1 aromatic heterocycles. The number of nitrogens with zero attached hydrogens (tertiary/aromatic N) is 2. The van der Waals surface area contributed by atoms with Gasteiger partial charge in [-0.2, -0.15) is 0 Å². The number of aromatic nitrogens is 1. The topological polar surface area (TPSA) is 53.4 Å². The maximum Gasteiger partial charge on any atom is 0.250 e. The Labute approximate surface area is 101 Å². The normalized spacial score (nSPS) is 16.9. The van der Waals surface area contributed by atoms with Crippen LogP contribution in [0.3, 0.4) is 0 Å². The van der Waals surface area contributed by atoms with Gasteiger partial charge in [0.1, 0.15) is 5.76 Å². The summed E-state index contributed by atoms with van der Waals surface area (Å²) in [7, 11) is 0. The number of aliphatic hydroxyl groups excluding tert-OH is 1. The summed E-state index contributed by atoms with van der Waals surface area (Å²) in [5.74, 6) is -0.139. The third-order valence-corrected chi connectivity index (χ3v) is 2.89. The van der Waals surface area contributed by atoms with E-state index in [0.717, 1.165) is 25.9 Å². The largest absolute Gasteiger partial charge is 0.507 e. The standard InChI is InChI=1S/C13H16N2O2/c16-12(11-5-4-6-14-10-11)9-13(17)15-7-2-1-3-8-15/h4-6,9-10,16H,1-3,7-8H2. The molecule has 0 aliphatic carbocycles. The van der Waals surface area contributed by atoms with E-state index in [9.17, 15) is 9.90 Å². The average molecular weight is 232 g/mol. The number of amides is 1. The molecule has 0 spiro atoms. The van der Waals surface area contributed by atoms with Gasteiger partial charge in [-0.25, -0.2) is 0 Å². The molecule has 0 saturated carbocycles. The molecule has 2 rings (SSSR count). The molecule has 0 unspecified atom stereocenters. The monoisotopic (exact) mass is 232 g/mol. The van der Waals surface area contributed by atoms with Crippen LogP contribution >= 0.6 is 0 Å². The second kappa shape index (κ2) is 5.48. The molecule has 0 radical (unpaired) electrons. The minimum atomic E-state index is -0.119.